The Kier molecular flexibility index (Phi) is 8.59. The predicted octanol–water partition coefficient (Wildman–Crippen LogP) is 8.28. The zero-order chi connectivity index (χ0) is 27.4. The minimum Gasteiger partial charge on any atom is -0.469 e. The van der Waals surface area contributed by atoms with Crippen LogP contribution >= 0.6 is 0 Å². The molecule has 4 nitrogen and oxygen atoms in total. The normalized spacial score (nSPS) is 42.9. The van der Waals surface area contributed by atoms with Gasteiger partial charge in [0.25, 0.3) is 0 Å². The van der Waals surface area contributed by atoms with Crippen LogP contribution in [0.25, 0.3) is 0 Å². The van der Waals surface area contributed by atoms with E-state index in [0.717, 1.165) is 30.1 Å². The number of methoxy groups -OCH3 is 1. The fourth-order valence-electron chi connectivity index (χ4n) is 9.97. The SMILES string of the molecule is COC(=O)CC[C@@H](C)[C@H]1CC[C@H]2[C@@H]3CC[C@H]4C[C@@H](O[Si](C)(C)C)CC[C@]4(C)[C@H]3C[C@@H](O[Si](C)(C)C)[C@]12C. The zero-order valence-electron chi connectivity index (χ0n) is 25.8. The summed E-state index contributed by atoms with van der Waals surface area (Å²) in [5.74, 6) is 4.27. The van der Waals surface area contributed by atoms with E-state index in [9.17, 15) is 4.79 Å². The summed E-state index contributed by atoms with van der Waals surface area (Å²) < 4.78 is 18.9. The molecule has 4 fully saturated rings. The molecule has 0 N–H and O–H groups in total. The van der Waals surface area contributed by atoms with Gasteiger partial charge in [0, 0.05) is 12.5 Å². The lowest BCUT2D eigenvalue weighted by Crippen LogP contribution is -2.60. The molecule has 0 aliphatic heterocycles. The Hall–Kier alpha value is -0.176. The van der Waals surface area contributed by atoms with Gasteiger partial charge in [-0.15, -0.1) is 0 Å². The van der Waals surface area contributed by atoms with Crippen molar-refractivity contribution in [3.63, 3.8) is 0 Å². The van der Waals surface area contributed by atoms with Crippen molar-refractivity contribution in [2.24, 2.45) is 46.3 Å². The Morgan fingerprint density at radius 2 is 1.57 bits per heavy atom. The second-order valence-electron chi connectivity index (χ2n) is 15.9. The Labute approximate surface area is 230 Å². The lowest BCUT2D eigenvalue weighted by molar-refractivity contribution is -0.169. The molecule has 0 unspecified atom stereocenters. The van der Waals surface area contributed by atoms with Crippen LogP contribution in [0.5, 0.6) is 0 Å². The monoisotopic (exact) mass is 550 g/mol. The van der Waals surface area contributed by atoms with Gasteiger partial charge in [0.05, 0.1) is 13.2 Å². The van der Waals surface area contributed by atoms with Crippen molar-refractivity contribution < 1.29 is 18.4 Å². The third-order valence-electron chi connectivity index (χ3n) is 11.5. The van der Waals surface area contributed by atoms with Crippen molar-refractivity contribution in [2.45, 2.75) is 136 Å². The maximum atomic E-state index is 12.0. The first kappa shape index (κ1) is 29.8. The molecule has 4 aliphatic carbocycles. The van der Waals surface area contributed by atoms with Gasteiger partial charge in [0.15, 0.2) is 16.6 Å². The summed E-state index contributed by atoms with van der Waals surface area (Å²) in [5, 5.41) is 0. The third kappa shape index (κ3) is 5.97. The van der Waals surface area contributed by atoms with E-state index in [-0.39, 0.29) is 11.4 Å². The third-order valence-corrected chi connectivity index (χ3v) is 13.5. The van der Waals surface area contributed by atoms with E-state index in [0.29, 0.717) is 35.9 Å². The molecular formula is C31H58O4Si2. The molecule has 0 aromatic heterocycles. The van der Waals surface area contributed by atoms with E-state index < -0.39 is 16.6 Å². The highest BCUT2D eigenvalue weighted by atomic mass is 28.4. The number of ether oxygens (including phenoxy) is 1. The number of carbonyl (C=O) groups excluding carboxylic acids is 1. The molecule has 0 amide bonds. The summed E-state index contributed by atoms with van der Waals surface area (Å²) in [5.41, 5.74) is 0.650. The fraction of sp³-hybridized carbons (Fsp3) is 0.968. The molecule has 0 aromatic rings. The first-order valence-corrected chi connectivity index (χ1v) is 22.3. The van der Waals surface area contributed by atoms with Gasteiger partial charge in [-0.25, -0.2) is 0 Å². The van der Waals surface area contributed by atoms with Crippen LogP contribution in [0.3, 0.4) is 0 Å². The molecule has 37 heavy (non-hydrogen) atoms. The lowest BCUT2D eigenvalue weighted by atomic mass is 9.43. The van der Waals surface area contributed by atoms with E-state index in [1.54, 1.807) is 0 Å². The van der Waals surface area contributed by atoms with Gasteiger partial charge in [0.1, 0.15) is 0 Å². The summed E-state index contributed by atoms with van der Waals surface area (Å²) in [6.07, 6.45) is 12.8. The number of fused-ring (bicyclic) bond motifs is 5. The molecular weight excluding hydrogens is 493 g/mol. The first-order valence-electron chi connectivity index (χ1n) is 15.5. The van der Waals surface area contributed by atoms with E-state index >= 15 is 0 Å². The van der Waals surface area contributed by atoms with Crippen LogP contribution in [0.4, 0.5) is 0 Å². The number of hydrogen-bond donors (Lipinski definition) is 0. The van der Waals surface area contributed by atoms with Crippen molar-refractivity contribution in [1.29, 1.82) is 0 Å². The van der Waals surface area contributed by atoms with Crippen LogP contribution in [-0.2, 0) is 18.4 Å². The highest BCUT2D eigenvalue weighted by Gasteiger charge is 2.64. The molecule has 4 aliphatic rings. The van der Waals surface area contributed by atoms with Crippen molar-refractivity contribution in [3.8, 4) is 0 Å². The minimum atomic E-state index is -1.71. The maximum absolute atomic E-state index is 12.0. The van der Waals surface area contributed by atoms with E-state index in [4.69, 9.17) is 13.6 Å². The molecule has 0 saturated heterocycles. The van der Waals surface area contributed by atoms with Crippen LogP contribution in [0.15, 0.2) is 0 Å². The van der Waals surface area contributed by atoms with Gasteiger partial charge in [0.2, 0.25) is 0 Å². The van der Waals surface area contributed by atoms with Crippen LogP contribution in [0.2, 0.25) is 39.3 Å². The average molecular weight is 551 g/mol. The van der Waals surface area contributed by atoms with Crippen LogP contribution in [-0.4, -0.2) is 41.9 Å². The molecule has 0 spiro atoms. The molecule has 6 heteroatoms. The summed E-state index contributed by atoms with van der Waals surface area (Å²) in [6, 6.07) is 0. The van der Waals surface area contributed by atoms with Crippen LogP contribution in [0.1, 0.15) is 85.0 Å². The number of rotatable bonds is 8. The van der Waals surface area contributed by atoms with Gasteiger partial charge in [-0.05, 0) is 143 Å². The summed E-state index contributed by atoms with van der Waals surface area (Å²) >= 11 is 0. The average Bonchev–Trinajstić information content (AvgIpc) is 3.14. The standard InChI is InChI=1S/C31H58O4Si2/c1-21(11-16-29(32)33-4)25-14-15-26-24-13-12-22-19-23(34-36(5,6)7)17-18-30(22,2)27(24)20-28(31(25,26)3)35-37(8,9)10/h21-28H,11-20H2,1-10H3/t21-,22+,23+,24+,25-,26+,27+,28-,30+,31-/m1/s1. The molecule has 0 heterocycles. The Morgan fingerprint density at radius 3 is 2.19 bits per heavy atom. The lowest BCUT2D eigenvalue weighted by Gasteiger charge is -2.64. The van der Waals surface area contributed by atoms with E-state index in [2.05, 4.69) is 60.1 Å². The van der Waals surface area contributed by atoms with Gasteiger partial charge in [-0.3, -0.25) is 4.79 Å². The summed E-state index contributed by atoms with van der Waals surface area (Å²) in [7, 11) is -1.70. The van der Waals surface area contributed by atoms with Gasteiger partial charge >= 0.3 is 5.97 Å². The number of hydrogen-bond acceptors (Lipinski definition) is 4. The van der Waals surface area contributed by atoms with Gasteiger partial charge in [-0.2, -0.15) is 0 Å². The largest absolute Gasteiger partial charge is 0.469 e. The number of carbonyl (C=O) groups is 1. The van der Waals surface area contributed by atoms with Crippen molar-refractivity contribution in [1.82, 2.24) is 0 Å². The second kappa shape index (κ2) is 10.7. The van der Waals surface area contributed by atoms with Crippen molar-refractivity contribution >= 4 is 22.6 Å². The topological polar surface area (TPSA) is 44.8 Å². The fourth-order valence-corrected chi connectivity index (χ4v) is 12.4. The Balaban J connectivity index is 1.59. The molecule has 214 valence electrons. The van der Waals surface area contributed by atoms with E-state index in [1.165, 1.54) is 58.5 Å². The Morgan fingerprint density at radius 1 is 0.892 bits per heavy atom. The molecule has 10 atom stereocenters. The quantitative estimate of drug-likeness (QED) is 0.225. The summed E-state index contributed by atoms with van der Waals surface area (Å²) in [4.78, 5) is 12.0. The highest BCUT2D eigenvalue weighted by Crippen LogP contribution is 2.69. The summed E-state index contributed by atoms with van der Waals surface area (Å²) in [6.45, 7) is 21.9. The predicted molar refractivity (Wildman–Crippen MR) is 157 cm³/mol. The van der Waals surface area contributed by atoms with E-state index in [1.807, 2.05) is 0 Å². The molecule has 0 radical (unpaired) electrons. The molecule has 4 rings (SSSR count). The molecule has 0 bridgehead atoms. The molecule has 4 saturated carbocycles. The van der Waals surface area contributed by atoms with Crippen LogP contribution in [0, 0.1) is 46.3 Å². The smallest absolute Gasteiger partial charge is 0.305 e. The van der Waals surface area contributed by atoms with Gasteiger partial charge in [-0.1, -0.05) is 20.8 Å². The van der Waals surface area contributed by atoms with Crippen molar-refractivity contribution in [3.05, 3.63) is 0 Å². The second-order valence-corrected chi connectivity index (χ2v) is 24.8. The van der Waals surface area contributed by atoms with Crippen molar-refractivity contribution in [2.75, 3.05) is 7.11 Å². The first-order chi connectivity index (χ1) is 17.1. The van der Waals surface area contributed by atoms with Gasteiger partial charge < -0.3 is 13.6 Å². The highest BCUT2D eigenvalue weighted by molar-refractivity contribution is 6.70. The maximum Gasteiger partial charge on any atom is 0.305 e. The molecule has 0 aromatic carbocycles. The minimum absolute atomic E-state index is 0.0647. The number of esters is 1. The zero-order valence-corrected chi connectivity index (χ0v) is 27.8. The van der Waals surface area contributed by atoms with Crippen LogP contribution < -0.4 is 0 Å². The Bertz CT molecular complexity index is 819.